The zero-order valence-electron chi connectivity index (χ0n) is 12.3. The van der Waals surface area contributed by atoms with Crippen LogP contribution in [0.4, 0.5) is 11.5 Å². The van der Waals surface area contributed by atoms with Crippen LogP contribution in [0.25, 0.3) is 0 Å². The van der Waals surface area contributed by atoms with Crippen LogP contribution in [-0.2, 0) is 4.79 Å². The molecule has 7 nitrogen and oxygen atoms in total. The first-order valence-corrected chi connectivity index (χ1v) is 6.76. The summed E-state index contributed by atoms with van der Waals surface area (Å²) in [6.07, 6.45) is 3.25. The van der Waals surface area contributed by atoms with Crippen LogP contribution >= 0.6 is 0 Å². The summed E-state index contributed by atoms with van der Waals surface area (Å²) in [5.41, 5.74) is 11.6. The number of nitrogens with zero attached hydrogens (tertiary/aromatic N) is 3. The number of hydrogen-bond donors (Lipinski definition) is 2. The molecule has 0 saturated carbocycles. The number of unbranched alkanes of at least 4 members (excludes halogenated alkanes) is 1. The van der Waals surface area contributed by atoms with Gasteiger partial charge in [-0.2, -0.15) is 4.98 Å². The highest BCUT2D eigenvalue weighted by Crippen LogP contribution is 2.28. The van der Waals surface area contributed by atoms with E-state index in [9.17, 15) is 4.79 Å². The first kappa shape index (κ1) is 16.0. The van der Waals surface area contributed by atoms with Crippen LogP contribution < -0.4 is 21.1 Å². The van der Waals surface area contributed by atoms with Crippen molar-refractivity contribution in [2.45, 2.75) is 39.7 Å². The third-order valence-electron chi connectivity index (χ3n) is 2.60. The van der Waals surface area contributed by atoms with Gasteiger partial charge < -0.3 is 21.1 Å². The number of anilines is 2. The lowest BCUT2D eigenvalue weighted by Crippen LogP contribution is -2.35. The molecule has 0 aromatic carbocycles. The van der Waals surface area contributed by atoms with Crippen molar-refractivity contribution >= 4 is 17.4 Å². The molecule has 0 atom stereocenters. The Balaban J connectivity index is 3.02. The Bertz CT molecular complexity index is 450. The van der Waals surface area contributed by atoms with Crippen molar-refractivity contribution in [1.29, 1.82) is 0 Å². The summed E-state index contributed by atoms with van der Waals surface area (Å²) in [5, 5.41) is 0. The van der Waals surface area contributed by atoms with Gasteiger partial charge in [0.2, 0.25) is 11.8 Å². The summed E-state index contributed by atoms with van der Waals surface area (Å²) in [4.78, 5) is 21.1. The fourth-order valence-electron chi connectivity index (χ4n) is 1.74. The topological polar surface area (TPSA) is 107 Å². The number of carbonyl (C=O) groups is 1. The van der Waals surface area contributed by atoms with E-state index < -0.39 is 5.91 Å². The van der Waals surface area contributed by atoms with Gasteiger partial charge in [-0.15, -0.1) is 0 Å². The van der Waals surface area contributed by atoms with Gasteiger partial charge in [0.15, 0.2) is 5.82 Å². The second-order valence-electron chi connectivity index (χ2n) is 4.82. The van der Waals surface area contributed by atoms with Gasteiger partial charge in [-0.3, -0.25) is 4.79 Å². The highest BCUT2D eigenvalue weighted by molar-refractivity contribution is 5.81. The number of rotatable bonds is 8. The molecule has 1 heterocycles. The minimum absolute atomic E-state index is 0.0414. The zero-order valence-corrected chi connectivity index (χ0v) is 12.3. The first-order chi connectivity index (χ1) is 9.45. The van der Waals surface area contributed by atoms with E-state index in [0.29, 0.717) is 23.9 Å². The standard InChI is InChI=1S/C13H23N5O2/c1-4-5-6-18(7-10(14)19)12-11(15)13(17-8-16-12)20-9(2)3/h8-9H,4-7,15H2,1-3H3,(H2,14,19). The number of primary amides is 1. The molecule has 0 bridgehead atoms. The van der Waals surface area contributed by atoms with Crippen molar-refractivity contribution in [2.75, 3.05) is 23.7 Å². The Labute approximate surface area is 119 Å². The second-order valence-corrected chi connectivity index (χ2v) is 4.82. The summed E-state index contributed by atoms with van der Waals surface area (Å²) in [6.45, 7) is 6.57. The van der Waals surface area contributed by atoms with Crippen molar-refractivity contribution in [2.24, 2.45) is 5.73 Å². The van der Waals surface area contributed by atoms with Crippen molar-refractivity contribution in [1.82, 2.24) is 9.97 Å². The number of hydrogen-bond acceptors (Lipinski definition) is 6. The van der Waals surface area contributed by atoms with Gasteiger partial charge in [0.05, 0.1) is 12.6 Å². The maximum atomic E-state index is 11.2. The zero-order chi connectivity index (χ0) is 15.1. The molecule has 20 heavy (non-hydrogen) atoms. The minimum atomic E-state index is -0.426. The van der Waals surface area contributed by atoms with E-state index in [1.807, 2.05) is 13.8 Å². The molecule has 1 aromatic rings. The maximum Gasteiger partial charge on any atom is 0.242 e. The third kappa shape index (κ3) is 4.56. The number of ether oxygens (including phenoxy) is 1. The minimum Gasteiger partial charge on any atom is -0.473 e. The van der Waals surface area contributed by atoms with Gasteiger partial charge in [0.1, 0.15) is 12.0 Å². The quantitative estimate of drug-likeness (QED) is 0.734. The van der Waals surface area contributed by atoms with Gasteiger partial charge in [-0.25, -0.2) is 4.98 Å². The van der Waals surface area contributed by atoms with E-state index in [4.69, 9.17) is 16.2 Å². The Morgan fingerprint density at radius 3 is 2.70 bits per heavy atom. The smallest absolute Gasteiger partial charge is 0.242 e. The highest BCUT2D eigenvalue weighted by atomic mass is 16.5. The molecule has 112 valence electrons. The molecule has 1 amide bonds. The van der Waals surface area contributed by atoms with Crippen molar-refractivity contribution in [3.8, 4) is 5.88 Å². The van der Waals surface area contributed by atoms with E-state index in [-0.39, 0.29) is 12.6 Å². The number of carbonyl (C=O) groups excluding carboxylic acids is 1. The van der Waals surface area contributed by atoms with Crippen molar-refractivity contribution in [3.05, 3.63) is 6.33 Å². The summed E-state index contributed by atoms with van der Waals surface area (Å²) in [5.74, 6) is 0.393. The predicted molar refractivity (Wildman–Crippen MR) is 78.5 cm³/mol. The van der Waals surface area contributed by atoms with Gasteiger partial charge in [0.25, 0.3) is 0 Å². The molecule has 0 unspecified atom stereocenters. The molecule has 4 N–H and O–H groups in total. The largest absolute Gasteiger partial charge is 0.473 e. The van der Waals surface area contributed by atoms with Gasteiger partial charge >= 0.3 is 0 Å². The van der Waals surface area contributed by atoms with Crippen LogP contribution in [0, 0.1) is 0 Å². The Kier molecular flexibility index (Phi) is 6.02. The van der Waals surface area contributed by atoms with E-state index in [1.54, 1.807) is 4.90 Å². The molecular weight excluding hydrogens is 258 g/mol. The average Bonchev–Trinajstić information content (AvgIpc) is 2.36. The van der Waals surface area contributed by atoms with Gasteiger partial charge in [-0.1, -0.05) is 13.3 Å². The SMILES string of the molecule is CCCCN(CC(N)=O)c1ncnc(OC(C)C)c1N. The molecule has 0 aliphatic rings. The normalized spacial score (nSPS) is 10.6. The molecule has 0 fully saturated rings. The van der Waals surface area contributed by atoms with Crippen LogP contribution in [-0.4, -0.2) is 35.1 Å². The molecule has 0 aliphatic carbocycles. The number of amides is 1. The van der Waals surface area contributed by atoms with Crippen LogP contribution in [0.5, 0.6) is 5.88 Å². The summed E-state index contributed by atoms with van der Waals surface area (Å²) < 4.78 is 5.53. The molecule has 7 heteroatoms. The lowest BCUT2D eigenvalue weighted by atomic mass is 10.3. The van der Waals surface area contributed by atoms with Gasteiger partial charge in [-0.05, 0) is 20.3 Å². The average molecular weight is 281 g/mol. The number of aromatic nitrogens is 2. The van der Waals surface area contributed by atoms with Crippen LogP contribution in [0.2, 0.25) is 0 Å². The summed E-state index contributed by atoms with van der Waals surface area (Å²) in [7, 11) is 0. The summed E-state index contributed by atoms with van der Waals surface area (Å²) >= 11 is 0. The lowest BCUT2D eigenvalue weighted by Gasteiger charge is -2.24. The van der Waals surface area contributed by atoms with E-state index >= 15 is 0 Å². The predicted octanol–water partition coefficient (Wildman–Crippen LogP) is 0.938. The van der Waals surface area contributed by atoms with Gasteiger partial charge in [0, 0.05) is 6.54 Å². The van der Waals surface area contributed by atoms with Crippen molar-refractivity contribution in [3.63, 3.8) is 0 Å². The summed E-state index contributed by atoms with van der Waals surface area (Å²) in [6, 6.07) is 0. The van der Waals surface area contributed by atoms with Crippen molar-refractivity contribution < 1.29 is 9.53 Å². The fourth-order valence-corrected chi connectivity index (χ4v) is 1.74. The van der Waals surface area contributed by atoms with Crippen LogP contribution in [0.15, 0.2) is 6.33 Å². The monoisotopic (exact) mass is 281 g/mol. The number of nitrogen functional groups attached to an aromatic ring is 1. The molecular formula is C13H23N5O2. The fraction of sp³-hybridized carbons (Fsp3) is 0.615. The Hall–Kier alpha value is -2.05. The maximum absolute atomic E-state index is 11.2. The van der Waals surface area contributed by atoms with E-state index in [0.717, 1.165) is 12.8 Å². The molecule has 0 radical (unpaired) electrons. The van der Waals surface area contributed by atoms with Crippen LogP contribution in [0.1, 0.15) is 33.6 Å². The molecule has 0 aliphatic heterocycles. The molecule has 1 rings (SSSR count). The van der Waals surface area contributed by atoms with Crippen LogP contribution in [0.3, 0.4) is 0 Å². The van der Waals surface area contributed by atoms with E-state index in [2.05, 4.69) is 16.9 Å². The molecule has 0 spiro atoms. The third-order valence-corrected chi connectivity index (χ3v) is 2.60. The lowest BCUT2D eigenvalue weighted by molar-refractivity contribution is -0.116. The number of nitrogens with two attached hydrogens (primary N) is 2. The molecule has 1 aromatic heterocycles. The second kappa shape index (κ2) is 7.52. The molecule has 0 saturated heterocycles. The highest BCUT2D eigenvalue weighted by Gasteiger charge is 2.17. The van der Waals surface area contributed by atoms with E-state index in [1.165, 1.54) is 6.33 Å². The Morgan fingerprint density at radius 1 is 1.45 bits per heavy atom. The first-order valence-electron chi connectivity index (χ1n) is 6.76. The Morgan fingerprint density at radius 2 is 2.15 bits per heavy atom.